The molecular formula is C16H18FN3O4S. The third-order valence-corrected chi connectivity index (χ3v) is 5.99. The van der Waals surface area contributed by atoms with Crippen LogP contribution >= 0.6 is 0 Å². The lowest BCUT2D eigenvalue weighted by atomic mass is 10.2. The second-order valence-corrected chi connectivity index (χ2v) is 7.58. The van der Waals surface area contributed by atoms with Gasteiger partial charge in [-0.3, -0.25) is 0 Å². The minimum Gasteiger partial charge on any atom is -0.477 e. The van der Waals surface area contributed by atoms with E-state index in [0.29, 0.717) is 18.5 Å². The molecule has 1 aromatic carbocycles. The number of hydrogen-bond donors (Lipinski definition) is 0. The number of sulfonamides is 1. The van der Waals surface area contributed by atoms with Gasteiger partial charge in [-0.1, -0.05) is 0 Å². The second-order valence-electron chi connectivity index (χ2n) is 5.67. The van der Waals surface area contributed by atoms with Crippen molar-refractivity contribution < 1.29 is 22.3 Å². The fraction of sp³-hybridized carbons (Fsp3) is 0.375. The fourth-order valence-electron chi connectivity index (χ4n) is 2.74. The Morgan fingerprint density at radius 2 is 1.96 bits per heavy atom. The summed E-state index contributed by atoms with van der Waals surface area (Å²) in [4.78, 5) is 8.16. The minimum atomic E-state index is -3.71. The Labute approximate surface area is 145 Å². The van der Waals surface area contributed by atoms with E-state index in [1.807, 2.05) is 0 Å². The number of benzene rings is 1. The van der Waals surface area contributed by atoms with Gasteiger partial charge in [-0.05, 0) is 37.1 Å². The van der Waals surface area contributed by atoms with E-state index in [2.05, 4.69) is 9.97 Å². The maximum atomic E-state index is 13.2. The zero-order chi connectivity index (χ0) is 18.0. The van der Waals surface area contributed by atoms with Crippen LogP contribution in [0.25, 0.3) is 0 Å². The van der Waals surface area contributed by atoms with Crippen LogP contribution in [0.2, 0.25) is 0 Å². The third-order valence-electron chi connectivity index (χ3n) is 3.97. The van der Waals surface area contributed by atoms with Gasteiger partial charge in [-0.25, -0.2) is 22.8 Å². The zero-order valence-corrected chi connectivity index (χ0v) is 14.7. The van der Waals surface area contributed by atoms with Crippen LogP contribution in [0.3, 0.4) is 0 Å². The Balaban J connectivity index is 1.76. The van der Waals surface area contributed by atoms with Gasteiger partial charge in [0.05, 0.1) is 18.6 Å². The van der Waals surface area contributed by atoms with Crippen LogP contribution in [-0.4, -0.2) is 49.0 Å². The van der Waals surface area contributed by atoms with Gasteiger partial charge in [0.25, 0.3) is 11.8 Å². The standard InChI is InChI=1S/C16H18FN3O4S/c1-11-9-12(17)3-4-14(11)25(21,22)20-8-5-13(10-20)24-16-15(23-2)18-6-7-19-16/h3-4,6-7,9,13H,5,8,10H2,1-2H3. The molecule has 1 atom stereocenters. The topological polar surface area (TPSA) is 81.6 Å². The predicted molar refractivity (Wildman–Crippen MR) is 87.5 cm³/mol. The Hall–Kier alpha value is -2.26. The summed E-state index contributed by atoms with van der Waals surface area (Å²) in [6, 6.07) is 3.65. The molecule has 25 heavy (non-hydrogen) atoms. The van der Waals surface area contributed by atoms with Gasteiger partial charge in [0.2, 0.25) is 10.0 Å². The molecule has 0 spiro atoms. The molecule has 2 aromatic rings. The van der Waals surface area contributed by atoms with Gasteiger partial charge < -0.3 is 9.47 Å². The number of halogens is 1. The maximum Gasteiger partial charge on any atom is 0.278 e. The van der Waals surface area contributed by atoms with Crippen molar-refractivity contribution in [1.82, 2.24) is 14.3 Å². The quantitative estimate of drug-likeness (QED) is 0.801. The molecule has 1 aliphatic heterocycles. The van der Waals surface area contributed by atoms with Crippen LogP contribution in [0.5, 0.6) is 11.8 Å². The van der Waals surface area contributed by atoms with Crippen LogP contribution < -0.4 is 9.47 Å². The van der Waals surface area contributed by atoms with Crippen LogP contribution in [0.4, 0.5) is 4.39 Å². The van der Waals surface area contributed by atoms with E-state index in [0.717, 1.165) is 6.07 Å². The zero-order valence-electron chi connectivity index (χ0n) is 13.8. The molecule has 0 saturated carbocycles. The van der Waals surface area contributed by atoms with Crippen LogP contribution in [0.1, 0.15) is 12.0 Å². The lowest BCUT2D eigenvalue weighted by Crippen LogP contribution is -2.31. The van der Waals surface area contributed by atoms with Crippen molar-refractivity contribution >= 4 is 10.0 Å². The highest BCUT2D eigenvalue weighted by molar-refractivity contribution is 7.89. The van der Waals surface area contributed by atoms with E-state index in [4.69, 9.17) is 9.47 Å². The Kier molecular flexibility index (Phi) is 4.87. The van der Waals surface area contributed by atoms with E-state index in [1.54, 1.807) is 6.92 Å². The molecule has 0 radical (unpaired) electrons. The SMILES string of the molecule is COc1nccnc1OC1CCN(S(=O)(=O)c2ccc(F)cc2C)C1. The number of hydrogen-bond acceptors (Lipinski definition) is 6. The number of methoxy groups -OCH3 is 1. The van der Waals surface area contributed by atoms with Gasteiger partial charge in [-0.15, -0.1) is 0 Å². The Bertz CT molecular complexity index is 875. The molecule has 1 saturated heterocycles. The Morgan fingerprint density at radius 1 is 1.24 bits per heavy atom. The molecule has 1 aromatic heterocycles. The van der Waals surface area contributed by atoms with Gasteiger partial charge in [-0.2, -0.15) is 4.31 Å². The molecule has 134 valence electrons. The van der Waals surface area contributed by atoms with Crippen molar-refractivity contribution in [3.8, 4) is 11.8 Å². The van der Waals surface area contributed by atoms with Gasteiger partial charge >= 0.3 is 0 Å². The van der Waals surface area contributed by atoms with E-state index in [1.165, 1.54) is 35.9 Å². The molecule has 7 nitrogen and oxygen atoms in total. The smallest absolute Gasteiger partial charge is 0.278 e. The van der Waals surface area contributed by atoms with Crippen molar-refractivity contribution in [3.05, 3.63) is 42.0 Å². The molecule has 1 fully saturated rings. The minimum absolute atomic E-state index is 0.103. The highest BCUT2D eigenvalue weighted by Crippen LogP contribution is 2.28. The van der Waals surface area contributed by atoms with Crippen LogP contribution in [0.15, 0.2) is 35.5 Å². The van der Waals surface area contributed by atoms with Crippen LogP contribution in [-0.2, 0) is 10.0 Å². The van der Waals surface area contributed by atoms with Gasteiger partial charge in [0.15, 0.2) is 0 Å². The lowest BCUT2D eigenvalue weighted by Gasteiger charge is -2.18. The molecule has 0 N–H and O–H groups in total. The van der Waals surface area contributed by atoms with E-state index in [-0.39, 0.29) is 29.3 Å². The predicted octanol–water partition coefficient (Wildman–Crippen LogP) is 1.77. The van der Waals surface area contributed by atoms with E-state index < -0.39 is 15.8 Å². The first kappa shape index (κ1) is 17.6. The highest BCUT2D eigenvalue weighted by atomic mass is 32.2. The summed E-state index contributed by atoms with van der Waals surface area (Å²) in [5.41, 5.74) is 0.375. The summed E-state index contributed by atoms with van der Waals surface area (Å²) in [6.07, 6.45) is 3.11. The first-order valence-corrected chi connectivity index (χ1v) is 9.14. The number of aryl methyl sites for hydroxylation is 1. The molecule has 0 aliphatic carbocycles. The summed E-state index contributed by atoms with van der Waals surface area (Å²) < 4.78 is 51.0. The van der Waals surface area contributed by atoms with E-state index >= 15 is 0 Å². The van der Waals surface area contributed by atoms with Crippen molar-refractivity contribution in [2.45, 2.75) is 24.3 Å². The molecular weight excluding hydrogens is 349 g/mol. The summed E-state index contributed by atoms with van der Waals surface area (Å²) >= 11 is 0. The maximum absolute atomic E-state index is 13.2. The lowest BCUT2D eigenvalue weighted by molar-refractivity contribution is 0.194. The van der Waals surface area contributed by atoms with Gasteiger partial charge in [0, 0.05) is 18.9 Å². The van der Waals surface area contributed by atoms with Crippen LogP contribution in [0, 0.1) is 12.7 Å². The Morgan fingerprint density at radius 3 is 2.64 bits per heavy atom. The second kappa shape index (κ2) is 6.93. The molecule has 1 aliphatic rings. The number of rotatable bonds is 5. The molecule has 1 unspecified atom stereocenters. The van der Waals surface area contributed by atoms with Crippen molar-refractivity contribution in [3.63, 3.8) is 0 Å². The highest BCUT2D eigenvalue weighted by Gasteiger charge is 2.35. The third kappa shape index (κ3) is 3.57. The monoisotopic (exact) mass is 367 g/mol. The molecule has 9 heteroatoms. The van der Waals surface area contributed by atoms with E-state index in [9.17, 15) is 12.8 Å². The first-order valence-electron chi connectivity index (χ1n) is 7.70. The van der Waals surface area contributed by atoms with Gasteiger partial charge in [0.1, 0.15) is 11.9 Å². The van der Waals surface area contributed by atoms with Crippen molar-refractivity contribution in [2.75, 3.05) is 20.2 Å². The number of nitrogens with zero attached hydrogens (tertiary/aromatic N) is 3. The summed E-state index contributed by atoms with van der Waals surface area (Å²) in [7, 11) is -2.25. The normalized spacial score (nSPS) is 18.3. The number of ether oxygens (including phenoxy) is 2. The average Bonchev–Trinajstić information content (AvgIpc) is 3.04. The first-order chi connectivity index (χ1) is 11.9. The molecule has 0 bridgehead atoms. The molecule has 0 amide bonds. The fourth-order valence-corrected chi connectivity index (χ4v) is 4.44. The largest absolute Gasteiger partial charge is 0.477 e. The summed E-state index contributed by atoms with van der Waals surface area (Å²) in [5.74, 6) is 0.0132. The van der Waals surface area contributed by atoms with Crippen molar-refractivity contribution in [2.24, 2.45) is 0 Å². The molecule has 3 rings (SSSR count). The number of aromatic nitrogens is 2. The average molecular weight is 367 g/mol. The summed E-state index contributed by atoms with van der Waals surface area (Å²) in [6.45, 7) is 2.07. The summed E-state index contributed by atoms with van der Waals surface area (Å²) in [5, 5.41) is 0. The molecule has 2 heterocycles. The van der Waals surface area contributed by atoms with Crippen molar-refractivity contribution in [1.29, 1.82) is 0 Å².